The lowest BCUT2D eigenvalue weighted by atomic mass is 9.96. The van der Waals surface area contributed by atoms with E-state index in [9.17, 15) is 9.90 Å². The first-order chi connectivity index (χ1) is 9.52. The SMILES string of the molecule is CNC(=O)C1CCCN(c2ccc(C(C)O)cc2Cl)C1. The predicted octanol–water partition coefficient (Wildman–Crippen LogP) is 2.36. The largest absolute Gasteiger partial charge is 0.389 e. The molecule has 2 atom stereocenters. The van der Waals surface area contributed by atoms with Crippen LogP contribution in [0.15, 0.2) is 18.2 Å². The van der Waals surface area contributed by atoms with Gasteiger partial charge in [0.05, 0.1) is 22.7 Å². The molecule has 0 radical (unpaired) electrons. The number of halogens is 1. The van der Waals surface area contributed by atoms with Crippen LogP contribution in [0, 0.1) is 5.92 Å². The van der Waals surface area contributed by atoms with Gasteiger partial charge in [0.1, 0.15) is 0 Å². The lowest BCUT2D eigenvalue weighted by Gasteiger charge is -2.34. The molecule has 2 unspecified atom stereocenters. The number of benzene rings is 1. The van der Waals surface area contributed by atoms with Gasteiger partial charge in [-0.3, -0.25) is 4.79 Å². The Kier molecular flexibility index (Phi) is 4.89. The number of anilines is 1. The van der Waals surface area contributed by atoms with Crippen LogP contribution in [0.5, 0.6) is 0 Å². The van der Waals surface area contributed by atoms with Crippen LogP contribution in [0.25, 0.3) is 0 Å². The summed E-state index contributed by atoms with van der Waals surface area (Å²) < 4.78 is 0. The zero-order chi connectivity index (χ0) is 14.7. The van der Waals surface area contributed by atoms with E-state index in [4.69, 9.17) is 11.6 Å². The second-order valence-corrected chi connectivity index (χ2v) is 5.69. The van der Waals surface area contributed by atoms with Crippen molar-refractivity contribution in [2.75, 3.05) is 25.0 Å². The van der Waals surface area contributed by atoms with Crippen molar-refractivity contribution in [3.8, 4) is 0 Å². The van der Waals surface area contributed by atoms with Crippen LogP contribution in [0.1, 0.15) is 31.4 Å². The van der Waals surface area contributed by atoms with Crippen molar-refractivity contribution in [3.05, 3.63) is 28.8 Å². The van der Waals surface area contributed by atoms with E-state index in [0.717, 1.165) is 30.6 Å². The van der Waals surface area contributed by atoms with Gasteiger partial charge in [0.25, 0.3) is 0 Å². The third-order valence-corrected chi connectivity index (χ3v) is 4.14. The number of piperidine rings is 1. The molecule has 20 heavy (non-hydrogen) atoms. The summed E-state index contributed by atoms with van der Waals surface area (Å²) in [4.78, 5) is 13.9. The van der Waals surface area contributed by atoms with E-state index in [0.29, 0.717) is 11.6 Å². The van der Waals surface area contributed by atoms with Gasteiger partial charge in [-0.15, -0.1) is 0 Å². The maximum absolute atomic E-state index is 11.8. The number of amides is 1. The molecule has 110 valence electrons. The summed E-state index contributed by atoms with van der Waals surface area (Å²) in [5.41, 5.74) is 1.74. The number of rotatable bonds is 3. The van der Waals surface area contributed by atoms with Crippen LogP contribution in [-0.4, -0.2) is 31.2 Å². The number of aliphatic hydroxyl groups excluding tert-OH is 1. The zero-order valence-electron chi connectivity index (χ0n) is 11.9. The zero-order valence-corrected chi connectivity index (χ0v) is 12.7. The Morgan fingerprint density at radius 3 is 2.90 bits per heavy atom. The molecular formula is C15H21ClN2O2. The van der Waals surface area contributed by atoms with Crippen LogP contribution in [0.2, 0.25) is 5.02 Å². The van der Waals surface area contributed by atoms with Gasteiger partial charge in [-0.2, -0.15) is 0 Å². The lowest BCUT2D eigenvalue weighted by molar-refractivity contribution is -0.124. The number of hydrogen-bond donors (Lipinski definition) is 2. The smallest absolute Gasteiger partial charge is 0.224 e. The Hall–Kier alpha value is -1.26. The Labute approximate surface area is 124 Å². The first kappa shape index (κ1) is 15.1. The third-order valence-electron chi connectivity index (χ3n) is 3.83. The fourth-order valence-corrected chi connectivity index (χ4v) is 2.96. The van der Waals surface area contributed by atoms with E-state index < -0.39 is 6.10 Å². The van der Waals surface area contributed by atoms with Crippen LogP contribution >= 0.6 is 11.6 Å². The molecule has 2 N–H and O–H groups in total. The van der Waals surface area contributed by atoms with Crippen molar-refractivity contribution in [2.24, 2.45) is 5.92 Å². The highest BCUT2D eigenvalue weighted by molar-refractivity contribution is 6.33. The molecule has 1 fully saturated rings. The quantitative estimate of drug-likeness (QED) is 0.900. The van der Waals surface area contributed by atoms with Crippen molar-refractivity contribution in [1.82, 2.24) is 5.32 Å². The average Bonchev–Trinajstić information content (AvgIpc) is 2.46. The summed E-state index contributed by atoms with van der Waals surface area (Å²) in [7, 11) is 1.67. The number of carbonyl (C=O) groups is 1. The van der Waals surface area contributed by atoms with Crippen molar-refractivity contribution < 1.29 is 9.90 Å². The minimum absolute atomic E-state index is 0.0151. The van der Waals surface area contributed by atoms with Crippen LogP contribution in [0.3, 0.4) is 0 Å². The van der Waals surface area contributed by atoms with Gasteiger partial charge in [-0.1, -0.05) is 17.7 Å². The molecule has 1 amide bonds. The first-order valence-corrected chi connectivity index (χ1v) is 7.34. The van der Waals surface area contributed by atoms with E-state index in [-0.39, 0.29) is 11.8 Å². The van der Waals surface area contributed by atoms with Crippen molar-refractivity contribution in [1.29, 1.82) is 0 Å². The second-order valence-electron chi connectivity index (χ2n) is 5.29. The molecule has 0 aliphatic carbocycles. The minimum atomic E-state index is -0.526. The van der Waals surface area contributed by atoms with Gasteiger partial charge >= 0.3 is 0 Å². The highest BCUT2D eigenvalue weighted by atomic mass is 35.5. The number of aliphatic hydroxyl groups is 1. The summed E-state index contributed by atoms with van der Waals surface area (Å²) in [5.74, 6) is 0.104. The summed E-state index contributed by atoms with van der Waals surface area (Å²) in [6, 6.07) is 5.61. The number of hydrogen-bond acceptors (Lipinski definition) is 3. The predicted molar refractivity (Wildman–Crippen MR) is 81.1 cm³/mol. The molecule has 1 saturated heterocycles. The van der Waals surface area contributed by atoms with Crippen molar-refractivity contribution in [2.45, 2.75) is 25.9 Å². The molecule has 0 aromatic heterocycles. The molecule has 5 heteroatoms. The van der Waals surface area contributed by atoms with Crippen molar-refractivity contribution >= 4 is 23.2 Å². The first-order valence-electron chi connectivity index (χ1n) is 6.97. The van der Waals surface area contributed by atoms with Crippen molar-refractivity contribution in [3.63, 3.8) is 0 Å². The van der Waals surface area contributed by atoms with E-state index >= 15 is 0 Å². The monoisotopic (exact) mass is 296 g/mol. The maximum atomic E-state index is 11.8. The summed E-state index contributed by atoms with van der Waals surface area (Å²) >= 11 is 6.31. The number of nitrogens with zero attached hydrogens (tertiary/aromatic N) is 1. The van der Waals surface area contributed by atoms with Gasteiger partial charge in [-0.05, 0) is 37.5 Å². The summed E-state index contributed by atoms with van der Waals surface area (Å²) in [6.45, 7) is 3.31. The summed E-state index contributed by atoms with van der Waals surface area (Å²) in [5, 5.41) is 12.9. The molecule has 1 aliphatic rings. The Morgan fingerprint density at radius 1 is 1.55 bits per heavy atom. The van der Waals surface area contributed by atoms with E-state index in [1.54, 1.807) is 20.0 Å². The molecule has 0 spiro atoms. The molecule has 4 nitrogen and oxygen atoms in total. The van der Waals surface area contributed by atoms with Gasteiger partial charge in [-0.25, -0.2) is 0 Å². The minimum Gasteiger partial charge on any atom is -0.389 e. The normalized spacial score (nSPS) is 20.6. The van der Waals surface area contributed by atoms with Crippen LogP contribution in [0.4, 0.5) is 5.69 Å². The van der Waals surface area contributed by atoms with E-state index in [1.165, 1.54) is 0 Å². The van der Waals surface area contributed by atoms with Gasteiger partial charge in [0.15, 0.2) is 0 Å². The molecule has 0 saturated carbocycles. The number of carbonyl (C=O) groups excluding carboxylic acids is 1. The maximum Gasteiger partial charge on any atom is 0.224 e. The molecular weight excluding hydrogens is 276 g/mol. The van der Waals surface area contributed by atoms with E-state index in [1.807, 2.05) is 12.1 Å². The molecule has 1 aromatic rings. The molecule has 1 aliphatic heterocycles. The van der Waals surface area contributed by atoms with Gasteiger partial charge in [0.2, 0.25) is 5.91 Å². The second kappa shape index (κ2) is 6.46. The van der Waals surface area contributed by atoms with Gasteiger partial charge in [0, 0.05) is 20.1 Å². The fourth-order valence-electron chi connectivity index (χ4n) is 2.65. The van der Waals surface area contributed by atoms with Crippen LogP contribution in [-0.2, 0) is 4.79 Å². The topological polar surface area (TPSA) is 52.6 Å². The van der Waals surface area contributed by atoms with E-state index in [2.05, 4.69) is 10.2 Å². The Balaban J connectivity index is 2.17. The highest BCUT2D eigenvalue weighted by Gasteiger charge is 2.26. The Bertz CT molecular complexity index is 491. The standard InChI is InChI=1S/C15H21ClN2O2/c1-10(19)11-5-6-14(13(16)8-11)18-7-3-4-12(9-18)15(20)17-2/h5-6,8,10,12,19H,3-4,7,9H2,1-2H3,(H,17,20). The van der Waals surface area contributed by atoms with Gasteiger partial charge < -0.3 is 15.3 Å². The molecule has 1 aromatic carbocycles. The number of nitrogens with one attached hydrogen (secondary N) is 1. The molecule has 0 bridgehead atoms. The highest BCUT2D eigenvalue weighted by Crippen LogP contribution is 2.32. The third kappa shape index (κ3) is 3.25. The van der Waals surface area contributed by atoms with Crippen LogP contribution < -0.4 is 10.2 Å². The average molecular weight is 297 g/mol. The molecule has 1 heterocycles. The Morgan fingerprint density at radius 2 is 2.30 bits per heavy atom. The summed E-state index contributed by atoms with van der Waals surface area (Å²) in [6.07, 6.45) is 1.37. The lowest BCUT2D eigenvalue weighted by Crippen LogP contribution is -2.42. The molecule has 2 rings (SSSR count). The fraction of sp³-hybridized carbons (Fsp3) is 0.533.